The maximum atomic E-state index is 11.5. The second-order valence-electron chi connectivity index (χ2n) is 3.73. The number of amides is 2. The van der Waals surface area contributed by atoms with Gasteiger partial charge in [0.25, 0.3) is 0 Å². The van der Waals surface area contributed by atoms with Crippen LogP contribution >= 0.6 is 23.2 Å². The fraction of sp³-hybridized carbons (Fsp3) is 0.300. The normalized spacial score (nSPS) is 22.7. The lowest BCUT2D eigenvalue weighted by Gasteiger charge is -2.08. The molecule has 6 heteroatoms. The number of nitrogens with two attached hydrogens (primary N) is 1. The van der Waals surface area contributed by atoms with Gasteiger partial charge >= 0.3 is 6.03 Å². The lowest BCUT2D eigenvalue weighted by atomic mass is 10.3. The summed E-state index contributed by atoms with van der Waals surface area (Å²) >= 11 is 11.7. The molecule has 0 bridgehead atoms. The van der Waals surface area contributed by atoms with Crippen molar-refractivity contribution in [1.29, 1.82) is 0 Å². The van der Waals surface area contributed by atoms with E-state index >= 15 is 0 Å². The van der Waals surface area contributed by atoms with Gasteiger partial charge in [-0.25, -0.2) is 4.79 Å². The van der Waals surface area contributed by atoms with Crippen LogP contribution in [0.4, 0.5) is 10.5 Å². The molecule has 0 heterocycles. The highest BCUT2D eigenvalue weighted by molar-refractivity contribution is 6.35. The van der Waals surface area contributed by atoms with Gasteiger partial charge < -0.3 is 16.4 Å². The molecule has 4 nitrogen and oxygen atoms in total. The minimum absolute atomic E-state index is 0.0676. The zero-order valence-electron chi connectivity index (χ0n) is 8.34. The van der Waals surface area contributed by atoms with Crippen molar-refractivity contribution >= 4 is 34.9 Å². The van der Waals surface area contributed by atoms with E-state index in [0.717, 1.165) is 6.42 Å². The number of urea groups is 1. The summed E-state index contributed by atoms with van der Waals surface area (Å²) in [7, 11) is 0. The summed E-state index contributed by atoms with van der Waals surface area (Å²) in [4.78, 5) is 11.5. The van der Waals surface area contributed by atoms with Crippen LogP contribution in [0.3, 0.4) is 0 Å². The van der Waals surface area contributed by atoms with Gasteiger partial charge in [-0.15, -0.1) is 0 Å². The van der Waals surface area contributed by atoms with Crippen molar-refractivity contribution in [3.05, 3.63) is 28.2 Å². The largest absolute Gasteiger partial charge is 0.334 e. The average molecular weight is 260 g/mol. The van der Waals surface area contributed by atoms with E-state index in [9.17, 15) is 4.79 Å². The third-order valence-electron chi connectivity index (χ3n) is 2.33. The molecule has 0 spiro atoms. The first-order valence-corrected chi connectivity index (χ1v) is 5.60. The molecule has 16 heavy (non-hydrogen) atoms. The monoisotopic (exact) mass is 259 g/mol. The first kappa shape index (κ1) is 11.5. The Bertz CT molecular complexity index is 425. The third-order valence-corrected chi connectivity index (χ3v) is 2.90. The predicted molar refractivity (Wildman–Crippen MR) is 65.0 cm³/mol. The summed E-state index contributed by atoms with van der Waals surface area (Å²) in [6.45, 7) is 0. The summed E-state index contributed by atoms with van der Waals surface area (Å²) < 4.78 is 0. The molecule has 0 radical (unpaired) electrons. The van der Waals surface area contributed by atoms with Gasteiger partial charge in [0, 0.05) is 17.1 Å². The Labute approximate surface area is 103 Å². The molecule has 1 fully saturated rings. The summed E-state index contributed by atoms with van der Waals surface area (Å²) in [6, 6.07) is 4.70. The van der Waals surface area contributed by atoms with E-state index in [-0.39, 0.29) is 18.1 Å². The molecule has 0 aromatic heterocycles. The molecule has 1 aliphatic carbocycles. The van der Waals surface area contributed by atoms with Crippen molar-refractivity contribution < 1.29 is 4.79 Å². The average Bonchev–Trinajstić information content (AvgIpc) is 2.88. The van der Waals surface area contributed by atoms with E-state index in [1.54, 1.807) is 18.2 Å². The quantitative estimate of drug-likeness (QED) is 0.763. The van der Waals surface area contributed by atoms with E-state index in [1.807, 2.05) is 0 Å². The number of hydrogen-bond acceptors (Lipinski definition) is 2. The molecule has 2 amide bonds. The number of carbonyl (C=O) groups is 1. The van der Waals surface area contributed by atoms with Crippen LogP contribution in [0.1, 0.15) is 6.42 Å². The van der Waals surface area contributed by atoms with Gasteiger partial charge in [0.15, 0.2) is 0 Å². The summed E-state index contributed by atoms with van der Waals surface area (Å²) in [5.74, 6) is 0. The highest BCUT2D eigenvalue weighted by atomic mass is 35.5. The van der Waals surface area contributed by atoms with E-state index in [4.69, 9.17) is 28.9 Å². The Balaban J connectivity index is 1.97. The Morgan fingerprint density at radius 2 is 2.12 bits per heavy atom. The second-order valence-corrected chi connectivity index (χ2v) is 4.57. The van der Waals surface area contributed by atoms with Crippen molar-refractivity contribution in [2.75, 3.05) is 5.32 Å². The molecular formula is C10H11Cl2N3O. The van der Waals surface area contributed by atoms with Crippen LogP contribution in [0.25, 0.3) is 0 Å². The van der Waals surface area contributed by atoms with Crippen LogP contribution in [-0.4, -0.2) is 18.1 Å². The molecule has 2 atom stereocenters. The van der Waals surface area contributed by atoms with E-state index in [0.29, 0.717) is 15.7 Å². The van der Waals surface area contributed by atoms with E-state index < -0.39 is 0 Å². The lowest BCUT2D eigenvalue weighted by Crippen LogP contribution is -2.33. The van der Waals surface area contributed by atoms with Gasteiger partial charge in [0.05, 0.1) is 10.7 Å². The molecule has 1 aromatic rings. The number of anilines is 1. The number of nitrogens with one attached hydrogen (secondary N) is 2. The molecule has 86 valence electrons. The van der Waals surface area contributed by atoms with Gasteiger partial charge in [-0.05, 0) is 24.6 Å². The van der Waals surface area contributed by atoms with Crippen molar-refractivity contribution in [3.8, 4) is 0 Å². The number of hydrogen-bond donors (Lipinski definition) is 3. The first-order valence-electron chi connectivity index (χ1n) is 4.84. The SMILES string of the molecule is NC1CC1NC(=O)Nc1cc(Cl)ccc1Cl. The Morgan fingerprint density at radius 1 is 1.44 bits per heavy atom. The third kappa shape index (κ3) is 2.78. The maximum absolute atomic E-state index is 11.5. The molecular weight excluding hydrogens is 249 g/mol. The zero-order valence-corrected chi connectivity index (χ0v) is 9.85. The van der Waals surface area contributed by atoms with Gasteiger partial charge in [0.2, 0.25) is 0 Å². The van der Waals surface area contributed by atoms with Crippen LogP contribution in [0.5, 0.6) is 0 Å². The Kier molecular flexibility index (Phi) is 3.23. The Morgan fingerprint density at radius 3 is 2.75 bits per heavy atom. The van der Waals surface area contributed by atoms with Crippen LogP contribution in [0.15, 0.2) is 18.2 Å². The number of benzene rings is 1. The topological polar surface area (TPSA) is 67.1 Å². The first-order chi connectivity index (χ1) is 7.56. The zero-order chi connectivity index (χ0) is 11.7. The minimum atomic E-state index is -0.317. The van der Waals surface area contributed by atoms with Crippen molar-refractivity contribution in [2.24, 2.45) is 5.73 Å². The smallest absolute Gasteiger partial charge is 0.319 e. The summed E-state index contributed by atoms with van der Waals surface area (Å²) in [6.07, 6.45) is 0.816. The van der Waals surface area contributed by atoms with Crippen molar-refractivity contribution in [1.82, 2.24) is 5.32 Å². The minimum Gasteiger partial charge on any atom is -0.334 e. The lowest BCUT2D eigenvalue weighted by molar-refractivity contribution is 0.251. The van der Waals surface area contributed by atoms with Gasteiger partial charge in [-0.3, -0.25) is 0 Å². The van der Waals surface area contributed by atoms with Crippen LogP contribution in [-0.2, 0) is 0 Å². The molecule has 1 aromatic carbocycles. The number of halogens is 2. The Hall–Kier alpha value is -0.970. The van der Waals surface area contributed by atoms with E-state index in [1.165, 1.54) is 0 Å². The van der Waals surface area contributed by atoms with Crippen molar-refractivity contribution in [3.63, 3.8) is 0 Å². The highest BCUT2D eigenvalue weighted by Gasteiger charge is 2.34. The van der Waals surface area contributed by atoms with Gasteiger partial charge in [0.1, 0.15) is 0 Å². The summed E-state index contributed by atoms with van der Waals surface area (Å²) in [5.41, 5.74) is 6.06. The van der Waals surface area contributed by atoms with Crippen molar-refractivity contribution in [2.45, 2.75) is 18.5 Å². The fourth-order valence-corrected chi connectivity index (χ4v) is 1.64. The van der Waals surface area contributed by atoms with Gasteiger partial charge in [-0.1, -0.05) is 23.2 Å². The molecule has 1 aliphatic rings. The summed E-state index contributed by atoms with van der Waals surface area (Å²) in [5, 5.41) is 6.30. The maximum Gasteiger partial charge on any atom is 0.319 e. The molecule has 0 aliphatic heterocycles. The molecule has 1 saturated carbocycles. The van der Waals surface area contributed by atoms with Crippen LogP contribution < -0.4 is 16.4 Å². The highest BCUT2D eigenvalue weighted by Crippen LogP contribution is 2.25. The molecule has 2 unspecified atom stereocenters. The van der Waals surface area contributed by atoms with Gasteiger partial charge in [-0.2, -0.15) is 0 Å². The number of rotatable bonds is 2. The standard InChI is InChI=1S/C10H11Cl2N3O/c11-5-1-2-6(12)8(3-5)14-10(16)15-9-4-7(9)13/h1-3,7,9H,4,13H2,(H2,14,15,16). The predicted octanol–water partition coefficient (Wildman–Crippen LogP) is 2.21. The molecule has 2 rings (SSSR count). The van der Waals surface area contributed by atoms with E-state index in [2.05, 4.69) is 10.6 Å². The van der Waals surface area contributed by atoms with Crippen LogP contribution in [0, 0.1) is 0 Å². The van der Waals surface area contributed by atoms with Crippen LogP contribution in [0.2, 0.25) is 10.0 Å². The fourth-order valence-electron chi connectivity index (χ4n) is 1.30. The number of carbonyl (C=O) groups excluding carboxylic acids is 1. The second kappa shape index (κ2) is 4.49. The molecule has 0 saturated heterocycles. The molecule has 4 N–H and O–H groups in total.